The van der Waals surface area contributed by atoms with Crippen LogP contribution in [0.15, 0.2) is 53.3 Å². The minimum Gasteiger partial charge on any atom is -0.490 e. The second kappa shape index (κ2) is 9.68. The summed E-state index contributed by atoms with van der Waals surface area (Å²) in [6.45, 7) is 0.207. The lowest BCUT2D eigenvalue weighted by Gasteiger charge is -2.12. The molecular formula is C22H19Cl2FN2O4. The molecule has 0 amide bonds. The molecule has 0 fully saturated rings. The van der Waals surface area contributed by atoms with Gasteiger partial charge in [0.15, 0.2) is 6.10 Å². The highest BCUT2D eigenvalue weighted by molar-refractivity contribution is 6.43. The third kappa shape index (κ3) is 5.01. The Morgan fingerprint density at radius 2 is 2.00 bits per heavy atom. The summed E-state index contributed by atoms with van der Waals surface area (Å²) in [7, 11) is 0. The van der Waals surface area contributed by atoms with Crippen LogP contribution >= 0.6 is 23.2 Å². The summed E-state index contributed by atoms with van der Waals surface area (Å²) in [5.74, 6) is 0.662. The lowest BCUT2D eigenvalue weighted by Crippen LogP contribution is -2.23. The number of hydrogen-bond acceptors (Lipinski definition) is 5. The van der Waals surface area contributed by atoms with Gasteiger partial charge in [-0.3, -0.25) is 9.36 Å². The SMILES string of the molecule is O=c1cc(COCCF)n2c(n1)O[C@H](COc1ccc(-c3cccc(Cl)c3Cl)cc1)C2. The van der Waals surface area contributed by atoms with E-state index in [2.05, 4.69) is 4.98 Å². The summed E-state index contributed by atoms with van der Waals surface area (Å²) in [6.07, 6.45) is -0.323. The molecule has 3 aromatic rings. The van der Waals surface area contributed by atoms with Crippen molar-refractivity contribution in [3.05, 3.63) is 74.6 Å². The first-order valence-corrected chi connectivity index (χ1v) is 10.4. The molecule has 6 nitrogen and oxygen atoms in total. The maximum absolute atomic E-state index is 12.3. The van der Waals surface area contributed by atoms with Crippen LogP contribution in [0.5, 0.6) is 11.8 Å². The van der Waals surface area contributed by atoms with Gasteiger partial charge in [-0.15, -0.1) is 0 Å². The molecule has 0 bridgehead atoms. The minimum atomic E-state index is -0.586. The normalized spacial score (nSPS) is 14.9. The monoisotopic (exact) mass is 464 g/mol. The summed E-state index contributed by atoms with van der Waals surface area (Å²) in [5.41, 5.74) is 1.93. The van der Waals surface area contributed by atoms with E-state index < -0.39 is 12.2 Å². The standard InChI is InChI=1S/C22H19Cl2FN2O4/c23-19-3-1-2-18(21(19)24)14-4-6-16(7-5-14)30-13-17-11-27-15(12-29-9-8-25)10-20(28)26-22(27)31-17/h1-7,10,17H,8-9,11-13H2/t17-/m0/s1. The fraction of sp³-hybridized carbons (Fsp3) is 0.273. The van der Waals surface area contributed by atoms with Crippen molar-refractivity contribution >= 4 is 23.2 Å². The van der Waals surface area contributed by atoms with Crippen LogP contribution in [-0.2, 0) is 17.9 Å². The first kappa shape index (κ1) is 21.6. The van der Waals surface area contributed by atoms with Crippen LogP contribution in [0.2, 0.25) is 10.0 Å². The number of aromatic nitrogens is 2. The number of rotatable bonds is 8. The van der Waals surface area contributed by atoms with Gasteiger partial charge in [0.05, 0.1) is 35.5 Å². The van der Waals surface area contributed by atoms with E-state index in [4.69, 9.17) is 37.4 Å². The maximum Gasteiger partial charge on any atom is 0.300 e. The van der Waals surface area contributed by atoms with Crippen LogP contribution in [-0.4, -0.2) is 35.5 Å². The van der Waals surface area contributed by atoms with Crippen molar-refractivity contribution in [2.45, 2.75) is 19.3 Å². The van der Waals surface area contributed by atoms with Crippen molar-refractivity contribution in [3.8, 4) is 22.9 Å². The fourth-order valence-electron chi connectivity index (χ4n) is 3.29. The Balaban J connectivity index is 1.39. The Morgan fingerprint density at radius 1 is 1.19 bits per heavy atom. The Hall–Kier alpha value is -2.61. The Morgan fingerprint density at radius 3 is 2.77 bits per heavy atom. The number of alkyl halides is 1. The highest BCUT2D eigenvalue weighted by Gasteiger charge is 2.26. The van der Waals surface area contributed by atoms with Crippen LogP contribution in [0, 0.1) is 0 Å². The number of benzene rings is 2. The molecule has 0 N–H and O–H groups in total. The fourth-order valence-corrected chi connectivity index (χ4v) is 3.70. The molecule has 1 atom stereocenters. The van der Waals surface area contributed by atoms with E-state index in [1.165, 1.54) is 6.07 Å². The minimum absolute atomic E-state index is 0.0321. The van der Waals surface area contributed by atoms with Crippen LogP contribution in [0.25, 0.3) is 11.1 Å². The average molecular weight is 465 g/mol. The highest BCUT2D eigenvalue weighted by atomic mass is 35.5. The van der Waals surface area contributed by atoms with Crippen molar-refractivity contribution < 1.29 is 18.6 Å². The van der Waals surface area contributed by atoms with Gasteiger partial charge in [0.25, 0.3) is 5.56 Å². The van der Waals surface area contributed by atoms with Crippen LogP contribution in [0.3, 0.4) is 0 Å². The smallest absolute Gasteiger partial charge is 0.300 e. The van der Waals surface area contributed by atoms with Gasteiger partial charge in [0.1, 0.15) is 19.0 Å². The zero-order valence-corrected chi connectivity index (χ0v) is 17.9. The van der Waals surface area contributed by atoms with E-state index in [0.29, 0.717) is 28.0 Å². The topological polar surface area (TPSA) is 62.6 Å². The van der Waals surface area contributed by atoms with Gasteiger partial charge in [-0.2, -0.15) is 4.98 Å². The largest absolute Gasteiger partial charge is 0.490 e. The molecule has 2 aromatic carbocycles. The van der Waals surface area contributed by atoms with Gasteiger partial charge in [0, 0.05) is 11.6 Å². The third-order valence-corrected chi connectivity index (χ3v) is 5.57. The summed E-state index contributed by atoms with van der Waals surface area (Å²) in [4.78, 5) is 15.7. The summed E-state index contributed by atoms with van der Waals surface area (Å²) in [5, 5.41) is 1.00. The van der Waals surface area contributed by atoms with Crippen LogP contribution in [0.1, 0.15) is 5.69 Å². The molecule has 1 aliphatic rings. The number of ether oxygens (including phenoxy) is 3. The summed E-state index contributed by atoms with van der Waals surface area (Å²) >= 11 is 12.4. The van der Waals surface area contributed by atoms with E-state index in [0.717, 1.165) is 11.1 Å². The van der Waals surface area contributed by atoms with Crippen LogP contribution < -0.4 is 15.0 Å². The van der Waals surface area contributed by atoms with Crippen molar-refractivity contribution in [2.24, 2.45) is 0 Å². The Kier molecular flexibility index (Phi) is 6.75. The Labute approximate surface area is 188 Å². The molecule has 0 spiro atoms. The van der Waals surface area contributed by atoms with Gasteiger partial charge in [-0.25, -0.2) is 4.39 Å². The molecule has 0 saturated heterocycles. The van der Waals surface area contributed by atoms with Crippen molar-refractivity contribution in [3.63, 3.8) is 0 Å². The number of hydrogen-bond donors (Lipinski definition) is 0. The first-order chi connectivity index (χ1) is 15.0. The van der Waals surface area contributed by atoms with Gasteiger partial charge in [-0.05, 0) is 23.8 Å². The van der Waals surface area contributed by atoms with Crippen molar-refractivity contribution in [2.75, 3.05) is 19.9 Å². The maximum atomic E-state index is 12.3. The van der Waals surface area contributed by atoms with E-state index in [9.17, 15) is 9.18 Å². The van der Waals surface area contributed by atoms with E-state index in [-0.39, 0.29) is 31.9 Å². The van der Waals surface area contributed by atoms with Crippen molar-refractivity contribution in [1.82, 2.24) is 9.55 Å². The lowest BCUT2D eigenvalue weighted by molar-refractivity contribution is 0.101. The lowest BCUT2D eigenvalue weighted by atomic mass is 10.1. The third-order valence-electron chi connectivity index (χ3n) is 4.76. The quantitative estimate of drug-likeness (QED) is 0.457. The Bertz CT molecular complexity index is 1120. The molecule has 0 unspecified atom stereocenters. The van der Waals surface area contributed by atoms with E-state index in [1.54, 1.807) is 10.6 Å². The molecule has 9 heteroatoms. The molecular weight excluding hydrogens is 446 g/mol. The number of halogens is 3. The zero-order chi connectivity index (χ0) is 21.8. The molecule has 2 heterocycles. The summed E-state index contributed by atoms with van der Waals surface area (Å²) in [6, 6.07) is 14.5. The molecule has 0 radical (unpaired) electrons. The molecule has 1 aliphatic heterocycles. The highest BCUT2D eigenvalue weighted by Crippen LogP contribution is 2.34. The van der Waals surface area contributed by atoms with Crippen LogP contribution in [0.4, 0.5) is 4.39 Å². The van der Waals surface area contributed by atoms with Gasteiger partial charge < -0.3 is 14.2 Å². The number of nitrogens with zero attached hydrogens (tertiary/aromatic N) is 2. The molecule has 1 aromatic heterocycles. The average Bonchev–Trinajstić information content (AvgIpc) is 3.18. The van der Waals surface area contributed by atoms with E-state index >= 15 is 0 Å². The predicted molar refractivity (Wildman–Crippen MR) is 116 cm³/mol. The van der Waals surface area contributed by atoms with Gasteiger partial charge in [0.2, 0.25) is 0 Å². The zero-order valence-electron chi connectivity index (χ0n) is 16.4. The molecule has 0 saturated carbocycles. The first-order valence-electron chi connectivity index (χ1n) is 9.63. The second-order valence-electron chi connectivity index (χ2n) is 6.90. The molecule has 162 valence electrons. The second-order valence-corrected chi connectivity index (χ2v) is 7.68. The number of fused-ring (bicyclic) bond motifs is 1. The van der Waals surface area contributed by atoms with Crippen molar-refractivity contribution in [1.29, 1.82) is 0 Å². The summed E-state index contributed by atoms with van der Waals surface area (Å²) < 4.78 is 30.8. The van der Waals surface area contributed by atoms with Gasteiger partial charge in [-0.1, -0.05) is 47.5 Å². The van der Waals surface area contributed by atoms with Gasteiger partial charge >= 0.3 is 6.01 Å². The molecule has 31 heavy (non-hydrogen) atoms. The predicted octanol–water partition coefficient (Wildman–Crippen LogP) is 4.54. The van der Waals surface area contributed by atoms with E-state index in [1.807, 2.05) is 36.4 Å². The molecule has 0 aliphatic carbocycles. The molecule has 4 rings (SSSR count).